The van der Waals surface area contributed by atoms with Gasteiger partial charge in [-0.1, -0.05) is 27.7 Å². The van der Waals surface area contributed by atoms with Crippen molar-refractivity contribution in [2.45, 2.75) is 62.3 Å². The molecule has 104 valence electrons. The Morgan fingerprint density at radius 1 is 0.882 bits per heavy atom. The topological polar surface area (TPSA) is 15.6 Å². The molecule has 17 heavy (non-hydrogen) atoms. The fraction of sp³-hybridized carbons (Fsp3) is 0.800. The molecule has 0 heterocycles. The highest BCUT2D eigenvalue weighted by Crippen LogP contribution is 2.10. The molecule has 2 heteroatoms. The Balaban J connectivity index is -0.000000439. The van der Waals surface area contributed by atoms with Crippen LogP contribution in [-0.4, -0.2) is 30.7 Å². The molecule has 0 bridgehead atoms. The Morgan fingerprint density at radius 2 is 1.24 bits per heavy atom. The van der Waals surface area contributed by atoms with Crippen LogP contribution in [0.4, 0.5) is 0 Å². The lowest BCUT2D eigenvalue weighted by molar-refractivity contribution is 0.381. The highest BCUT2D eigenvalue weighted by molar-refractivity contribution is 5.98. The molecular weight excluding hydrogens is 208 g/mol. The summed E-state index contributed by atoms with van der Waals surface area (Å²) in [5.41, 5.74) is 3.77. The molecule has 0 unspecified atom stereocenters. The summed E-state index contributed by atoms with van der Waals surface area (Å²) < 4.78 is 0. The first-order valence-corrected chi connectivity index (χ1v) is 6.94. The van der Waals surface area contributed by atoms with Crippen LogP contribution in [0.15, 0.2) is 16.3 Å². The predicted molar refractivity (Wildman–Crippen MR) is 83.0 cm³/mol. The zero-order valence-electron chi connectivity index (χ0n) is 13.8. The van der Waals surface area contributed by atoms with Gasteiger partial charge in [0.1, 0.15) is 0 Å². The van der Waals surface area contributed by atoms with Crippen molar-refractivity contribution in [3.63, 3.8) is 0 Å². The molecule has 0 N–H and O–H groups in total. The van der Waals surface area contributed by atoms with Crippen LogP contribution in [0.3, 0.4) is 0 Å². The molecule has 0 aromatic carbocycles. The van der Waals surface area contributed by atoms with E-state index >= 15 is 0 Å². The van der Waals surface area contributed by atoms with Gasteiger partial charge in [-0.2, -0.15) is 0 Å². The predicted octanol–water partition coefficient (Wildman–Crippen LogP) is 4.77. The lowest BCUT2D eigenvalue weighted by Gasteiger charge is -2.23. The van der Waals surface area contributed by atoms with Crippen LogP contribution < -0.4 is 0 Å². The molecule has 0 saturated heterocycles. The van der Waals surface area contributed by atoms with Crippen molar-refractivity contribution in [2.75, 3.05) is 20.1 Å². The van der Waals surface area contributed by atoms with Gasteiger partial charge in [0.25, 0.3) is 0 Å². The molecule has 0 aromatic heterocycles. The van der Waals surface area contributed by atoms with E-state index in [1.165, 1.54) is 11.3 Å². The van der Waals surface area contributed by atoms with Crippen LogP contribution >= 0.6 is 0 Å². The average Bonchev–Trinajstić information content (AvgIpc) is 2.42. The van der Waals surface area contributed by atoms with Crippen LogP contribution in [0.5, 0.6) is 0 Å². The number of hydrogen-bond acceptors (Lipinski definition) is 2. The van der Waals surface area contributed by atoms with Crippen LogP contribution in [0, 0.1) is 0 Å². The third kappa shape index (κ3) is 8.96. The molecule has 0 atom stereocenters. The van der Waals surface area contributed by atoms with E-state index in [-0.39, 0.29) is 0 Å². The van der Waals surface area contributed by atoms with Crippen LogP contribution in [0.25, 0.3) is 0 Å². The highest BCUT2D eigenvalue weighted by atomic mass is 15.1. The summed E-state index contributed by atoms with van der Waals surface area (Å²) in [4.78, 5) is 6.54. The van der Waals surface area contributed by atoms with Gasteiger partial charge in [0, 0.05) is 31.5 Å². The molecule has 0 fully saturated rings. The van der Waals surface area contributed by atoms with Gasteiger partial charge in [-0.15, -0.1) is 0 Å². The third-order valence-corrected chi connectivity index (χ3v) is 2.66. The molecule has 0 amide bonds. The van der Waals surface area contributed by atoms with Crippen molar-refractivity contribution >= 4 is 5.71 Å². The summed E-state index contributed by atoms with van der Waals surface area (Å²) in [6.07, 6.45) is 0. The van der Waals surface area contributed by atoms with Crippen molar-refractivity contribution in [1.29, 1.82) is 0 Å². The van der Waals surface area contributed by atoms with E-state index in [0.29, 0.717) is 0 Å². The zero-order valence-corrected chi connectivity index (χ0v) is 13.8. The Hall–Kier alpha value is -0.790. The van der Waals surface area contributed by atoms with Gasteiger partial charge in [-0.3, -0.25) is 4.99 Å². The van der Waals surface area contributed by atoms with Gasteiger partial charge in [-0.05, 0) is 40.2 Å². The number of allylic oxidation sites excluding steroid dienone is 2. The van der Waals surface area contributed by atoms with E-state index in [2.05, 4.69) is 44.5 Å². The fourth-order valence-corrected chi connectivity index (χ4v) is 1.36. The van der Waals surface area contributed by atoms with Crippen LogP contribution in [-0.2, 0) is 0 Å². The van der Waals surface area contributed by atoms with Gasteiger partial charge in [0.15, 0.2) is 0 Å². The summed E-state index contributed by atoms with van der Waals surface area (Å²) in [5.74, 6) is 0. The minimum absolute atomic E-state index is 1.07. The van der Waals surface area contributed by atoms with E-state index < -0.39 is 0 Å². The van der Waals surface area contributed by atoms with E-state index in [9.17, 15) is 0 Å². The van der Waals surface area contributed by atoms with E-state index in [1.54, 1.807) is 0 Å². The lowest BCUT2D eigenvalue weighted by Crippen LogP contribution is -2.22. The monoisotopic (exact) mass is 242 g/mol. The molecule has 0 aromatic rings. The Bertz CT molecular complexity index is 211. The van der Waals surface area contributed by atoms with Crippen LogP contribution in [0.2, 0.25) is 0 Å². The molecule has 0 spiro atoms. The summed E-state index contributed by atoms with van der Waals surface area (Å²) in [6, 6.07) is 0. The Morgan fingerprint density at radius 3 is 1.47 bits per heavy atom. The summed E-state index contributed by atoms with van der Waals surface area (Å²) in [5, 5.41) is 0. The molecule has 0 radical (unpaired) electrons. The van der Waals surface area contributed by atoms with Crippen molar-refractivity contribution in [3.05, 3.63) is 11.3 Å². The summed E-state index contributed by atoms with van der Waals surface area (Å²) in [7, 11) is 1.84. The molecule has 2 nitrogen and oxygen atoms in total. The molecule has 0 saturated carbocycles. The first kappa shape index (κ1) is 21.5. The molecule has 0 aliphatic heterocycles. The Kier molecular flexibility index (Phi) is 19.2. The summed E-state index contributed by atoms with van der Waals surface area (Å²) in [6.45, 7) is 20.8. The largest absolute Gasteiger partial charge is 0.375 e. The van der Waals surface area contributed by atoms with Gasteiger partial charge in [0.2, 0.25) is 0 Å². The minimum Gasteiger partial charge on any atom is -0.375 e. The SMILES string of the molecule is CC.CC.CCN(CC)/C(C)=C(\C)C(C)=NC. The average molecular weight is 242 g/mol. The second-order valence-corrected chi connectivity index (χ2v) is 3.19. The quantitative estimate of drug-likeness (QED) is 0.649. The third-order valence-electron chi connectivity index (χ3n) is 2.66. The zero-order chi connectivity index (χ0) is 14.4. The van der Waals surface area contributed by atoms with Crippen molar-refractivity contribution in [3.8, 4) is 0 Å². The Labute approximate surface area is 110 Å². The fourth-order valence-electron chi connectivity index (χ4n) is 1.36. The van der Waals surface area contributed by atoms with E-state index in [0.717, 1.165) is 18.8 Å². The second-order valence-electron chi connectivity index (χ2n) is 3.19. The number of hydrogen-bond donors (Lipinski definition) is 0. The highest BCUT2D eigenvalue weighted by Gasteiger charge is 2.05. The van der Waals surface area contributed by atoms with Gasteiger partial charge < -0.3 is 4.90 Å². The first-order chi connectivity index (χ1) is 8.08. The van der Waals surface area contributed by atoms with E-state index in [4.69, 9.17) is 0 Å². The maximum Gasteiger partial charge on any atom is 0.0360 e. The second kappa shape index (κ2) is 15.2. The van der Waals surface area contributed by atoms with Gasteiger partial charge in [-0.25, -0.2) is 0 Å². The molecular formula is C15H34N2. The smallest absolute Gasteiger partial charge is 0.0360 e. The van der Waals surface area contributed by atoms with E-state index in [1.807, 2.05) is 34.7 Å². The first-order valence-electron chi connectivity index (χ1n) is 6.94. The van der Waals surface area contributed by atoms with Crippen molar-refractivity contribution in [1.82, 2.24) is 4.90 Å². The molecule has 0 aliphatic carbocycles. The summed E-state index contributed by atoms with van der Waals surface area (Å²) >= 11 is 0. The molecule has 0 aliphatic rings. The lowest BCUT2D eigenvalue weighted by atomic mass is 10.1. The van der Waals surface area contributed by atoms with Crippen molar-refractivity contribution < 1.29 is 0 Å². The number of aliphatic imine (C=N–C) groups is 1. The number of nitrogens with zero attached hydrogens (tertiary/aromatic N) is 2. The van der Waals surface area contributed by atoms with Gasteiger partial charge in [0.05, 0.1) is 0 Å². The van der Waals surface area contributed by atoms with Crippen LogP contribution in [0.1, 0.15) is 62.3 Å². The maximum absolute atomic E-state index is 4.19. The standard InChI is InChI=1S/C11H22N2.2C2H6/c1-7-13(8-2)11(5)9(3)10(4)12-6;2*1-2/h7-8H2,1-6H3;2*1-2H3/b11-9+,12-10?;;. The van der Waals surface area contributed by atoms with Gasteiger partial charge >= 0.3 is 0 Å². The maximum atomic E-state index is 4.19. The minimum atomic E-state index is 1.07. The normalized spacial score (nSPS) is 11.5. The van der Waals surface area contributed by atoms with Crippen molar-refractivity contribution in [2.24, 2.45) is 4.99 Å². The number of rotatable bonds is 4. The molecule has 0 rings (SSSR count).